The Balaban J connectivity index is 2.09. The van der Waals surface area contributed by atoms with Crippen molar-refractivity contribution in [3.8, 4) is 0 Å². The van der Waals surface area contributed by atoms with E-state index < -0.39 is 0 Å². The van der Waals surface area contributed by atoms with Crippen LogP contribution >= 0.6 is 11.6 Å². The Kier molecular flexibility index (Phi) is 2.53. The number of halogens is 1. The Labute approximate surface area is 98.6 Å². The molecule has 0 aliphatic carbocycles. The van der Waals surface area contributed by atoms with Gasteiger partial charge in [-0.1, -0.05) is 24.1 Å². The third-order valence-corrected chi connectivity index (χ3v) is 3.32. The minimum atomic E-state index is 0.281. The topological polar surface area (TPSA) is 42.2 Å². The smallest absolute Gasteiger partial charge is 0.161 e. The molecule has 2 aromatic rings. The number of nitrogens with zero attached hydrogens (tertiary/aromatic N) is 3. The molecule has 1 unspecified atom stereocenters. The minimum Gasteiger partial charge on any atom is -0.307 e. The van der Waals surface area contributed by atoms with E-state index in [9.17, 15) is 0 Å². The largest absolute Gasteiger partial charge is 0.307 e. The SMILES string of the molecule is Clc1cccc2nnc(C3CCCCN3)n12. The molecule has 1 atom stereocenters. The molecule has 16 heavy (non-hydrogen) atoms. The molecule has 1 aliphatic heterocycles. The molecule has 3 rings (SSSR count). The summed E-state index contributed by atoms with van der Waals surface area (Å²) in [5.74, 6) is 0.931. The van der Waals surface area contributed by atoms with E-state index in [4.69, 9.17) is 11.6 Å². The number of nitrogens with one attached hydrogen (secondary N) is 1. The fraction of sp³-hybridized carbons (Fsp3) is 0.455. The van der Waals surface area contributed by atoms with Crippen LogP contribution in [0, 0.1) is 0 Å². The first-order valence-corrected chi connectivity index (χ1v) is 5.97. The lowest BCUT2D eigenvalue weighted by atomic mass is 10.0. The second kappa shape index (κ2) is 4.03. The Morgan fingerprint density at radius 3 is 3.06 bits per heavy atom. The monoisotopic (exact) mass is 236 g/mol. The van der Waals surface area contributed by atoms with Crippen LogP contribution in [0.3, 0.4) is 0 Å². The van der Waals surface area contributed by atoms with Gasteiger partial charge in [0.05, 0.1) is 6.04 Å². The molecule has 1 fully saturated rings. The van der Waals surface area contributed by atoms with Gasteiger partial charge >= 0.3 is 0 Å². The summed E-state index contributed by atoms with van der Waals surface area (Å²) >= 11 is 6.18. The van der Waals surface area contributed by atoms with Gasteiger partial charge < -0.3 is 5.32 Å². The zero-order chi connectivity index (χ0) is 11.0. The van der Waals surface area contributed by atoms with Gasteiger partial charge in [-0.25, -0.2) is 0 Å². The summed E-state index contributed by atoms with van der Waals surface area (Å²) in [4.78, 5) is 0. The number of pyridine rings is 1. The highest BCUT2D eigenvalue weighted by atomic mass is 35.5. The molecule has 1 saturated heterocycles. The average molecular weight is 237 g/mol. The molecule has 5 heteroatoms. The second-order valence-corrected chi connectivity index (χ2v) is 4.49. The van der Waals surface area contributed by atoms with Crippen LogP contribution in [0.2, 0.25) is 5.15 Å². The molecule has 1 N–H and O–H groups in total. The summed E-state index contributed by atoms with van der Waals surface area (Å²) in [7, 11) is 0. The van der Waals surface area contributed by atoms with Gasteiger partial charge in [0, 0.05) is 0 Å². The molecule has 0 saturated carbocycles. The highest BCUT2D eigenvalue weighted by molar-refractivity contribution is 6.29. The van der Waals surface area contributed by atoms with Crippen molar-refractivity contribution in [2.45, 2.75) is 25.3 Å². The Morgan fingerprint density at radius 2 is 2.25 bits per heavy atom. The van der Waals surface area contributed by atoms with Crippen LogP contribution in [0.5, 0.6) is 0 Å². The first-order chi connectivity index (χ1) is 7.86. The van der Waals surface area contributed by atoms with Crippen LogP contribution in [-0.4, -0.2) is 21.1 Å². The summed E-state index contributed by atoms with van der Waals surface area (Å²) in [6.45, 7) is 1.05. The van der Waals surface area contributed by atoms with Crippen molar-refractivity contribution in [3.63, 3.8) is 0 Å². The molecule has 0 bridgehead atoms. The third-order valence-electron chi connectivity index (χ3n) is 3.03. The standard InChI is InChI=1S/C11H13ClN4/c12-9-5-3-6-10-14-15-11(16(9)10)8-4-1-2-7-13-8/h3,5-6,8,13H,1-2,4,7H2. The average Bonchev–Trinajstić information content (AvgIpc) is 2.75. The van der Waals surface area contributed by atoms with Crippen molar-refractivity contribution in [2.75, 3.05) is 6.54 Å². The van der Waals surface area contributed by atoms with E-state index in [-0.39, 0.29) is 6.04 Å². The maximum atomic E-state index is 6.18. The van der Waals surface area contributed by atoms with Gasteiger partial charge in [0.25, 0.3) is 0 Å². The van der Waals surface area contributed by atoms with E-state index >= 15 is 0 Å². The van der Waals surface area contributed by atoms with Crippen molar-refractivity contribution < 1.29 is 0 Å². The normalized spacial score (nSPS) is 21.4. The van der Waals surface area contributed by atoms with Gasteiger partial charge in [0.15, 0.2) is 11.5 Å². The molecule has 4 nitrogen and oxygen atoms in total. The molecule has 0 radical (unpaired) electrons. The zero-order valence-electron chi connectivity index (χ0n) is 8.86. The van der Waals surface area contributed by atoms with Crippen LogP contribution in [0.15, 0.2) is 18.2 Å². The van der Waals surface area contributed by atoms with Crippen molar-refractivity contribution in [1.82, 2.24) is 19.9 Å². The fourth-order valence-electron chi connectivity index (χ4n) is 2.22. The van der Waals surface area contributed by atoms with E-state index in [1.165, 1.54) is 12.8 Å². The van der Waals surface area contributed by atoms with Gasteiger partial charge in [-0.15, -0.1) is 10.2 Å². The van der Waals surface area contributed by atoms with E-state index in [0.717, 1.165) is 24.4 Å². The Bertz CT molecular complexity index is 502. The summed E-state index contributed by atoms with van der Waals surface area (Å²) in [5, 5.41) is 12.5. The van der Waals surface area contributed by atoms with E-state index in [1.54, 1.807) is 0 Å². The second-order valence-electron chi connectivity index (χ2n) is 4.10. The highest BCUT2D eigenvalue weighted by Crippen LogP contribution is 2.24. The van der Waals surface area contributed by atoms with Crippen LogP contribution < -0.4 is 5.32 Å². The van der Waals surface area contributed by atoms with Gasteiger partial charge in [-0.3, -0.25) is 4.40 Å². The number of aromatic nitrogens is 3. The maximum Gasteiger partial charge on any atom is 0.161 e. The van der Waals surface area contributed by atoms with E-state index in [0.29, 0.717) is 5.15 Å². The minimum absolute atomic E-state index is 0.281. The van der Waals surface area contributed by atoms with Gasteiger partial charge in [0.2, 0.25) is 0 Å². The lowest BCUT2D eigenvalue weighted by molar-refractivity contribution is 0.395. The molecular weight excluding hydrogens is 224 g/mol. The van der Waals surface area contributed by atoms with Crippen LogP contribution in [0.25, 0.3) is 5.65 Å². The first-order valence-electron chi connectivity index (χ1n) is 5.59. The number of fused-ring (bicyclic) bond motifs is 1. The highest BCUT2D eigenvalue weighted by Gasteiger charge is 2.20. The molecule has 0 amide bonds. The maximum absolute atomic E-state index is 6.18. The van der Waals surface area contributed by atoms with Crippen molar-refractivity contribution in [1.29, 1.82) is 0 Å². The lowest BCUT2D eigenvalue weighted by Crippen LogP contribution is -2.28. The molecule has 0 spiro atoms. The molecular formula is C11H13ClN4. The summed E-state index contributed by atoms with van der Waals surface area (Å²) in [6, 6.07) is 5.96. The number of hydrogen-bond donors (Lipinski definition) is 1. The van der Waals surface area contributed by atoms with Crippen molar-refractivity contribution >= 4 is 17.2 Å². The number of piperidine rings is 1. The molecule has 3 heterocycles. The summed E-state index contributed by atoms with van der Waals surface area (Å²) in [5.41, 5.74) is 0.815. The van der Waals surface area contributed by atoms with Gasteiger partial charge in [-0.05, 0) is 31.5 Å². The third kappa shape index (κ3) is 1.58. The van der Waals surface area contributed by atoms with Crippen molar-refractivity contribution in [2.24, 2.45) is 0 Å². The lowest BCUT2D eigenvalue weighted by Gasteiger charge is -2.21. The molecule has 84 valence electrons. The predicted molar refractivity (Wildman–Crippen MR) is 62.6 cm³/mol. The Morgan fingerprint density at radius 1 is 1.31 bits per heavy atom. The van der Waals surface area contributed by atoms with Crippen molar-refractivity contribution in [3.05, 3.63) is 29.2 Å². The molecule has 2 aromatic heterocycles. The first kappa shape index (κ1) is 10.1. The number of hydrogen-bond acceptors (Lipinski definition) is 3. The van der Waals surface area contributed by atoms with Crippen LogP contribution in [0.4, 0.5) is 0 Å². The quantitative estimate of drug-likeness (QED) is 0.772. The molecule has 1 aliphatic rings. The van der Waals surface area contributed by atoms with E-state index in [1.807, 2.05) is 22.6 Å². The van der Waals surface area contributed by atoms with Gasteiger partial charge in [-0.2, -0.15) is 0 Å². The van der Waals surface area contributed by atoms with E-state index in [2.05, 4.69) is 15.5 Å². The van der Waals surface area contributed by atoms with Gasteiger partial charge in [0.1, 0.15) is 5.15 Å². The predicted octanol–water partition coefficient (Wildman–Crippen LogP) is 2.20. The fourth-order valence-corrected chi connectivity index (χ4v) is 2.47. The molecule has 0 aromatic carbocycles. The Hall–Kier alpha value is -1.13. The summed E-state index contributed by atoms with van der Waals surface area (Å²) in [6.07, 6.45) is 3.57. The van der Waals surface area contributed by atoms with Crippen LogP contribution in [-0.2, 0) is 0 Å². The number of rotatable bonds is 1. The summed E-state index contributed by atoms with van der Waals surface area (Å²) < 4.78 is 1.92. The zero-order valence-corrected chi connectivity index (χ0v) is 9.61. The van der Waals surface area contributed by atoms with Crippen LogP contribution in [0.1, 0.15) is 31.1 Å².